The molecule has 0 saturated heterocycles. The van der Waals surface area contributed by atoms with Gasteiger partial charge in [0.05, 0.1) is 32.1 Å². The monoisotopic (exact) mass is 807 g/mol. The van der Waals surface area contributed by atoms with Gasteiger partial charge >= 0.3 is 5.97 Å². The van der Waals surface area contributed by atoms with Crippen molar-refractivity contribution in [1.82, 2.24) is 16.0 Å². The number of carboxylic acids is 1. The van der Waals surface area contributed by atoms with Crippen LogP contribution in [0.2, 0.25) is 0 Å². The van der Waals surface area contributed by atoms with Crippen LogP contribution in [0.25, 0.3) is 0 Å². The maximum atomic E-state index is 12.9. The second-order valence-electron chi connectivity index (χ2n) is 15.4. The summed E-state index contributed by atoms with van der Waals surface area (Å²) in [6.07, 6.45) is 11.5. The van der Waals surface area contributed by atoms with Gasteiger partial charge in [-0.25, -0.2) is 4.79 Å². The van der Waals surface area contributed by atoms with E-state index in [2.05, 4.69) is 41.0 Å². The molecule has 0 saturated carbocycles. The molecule has 3 amide bonds. The number of carbonyl (C=O) groups excluding carboxylic acids is 3. The average Bonchev–Trinajstić information content (AvgIpc) is 3.15. The summed E-state index contributed by atoms with van der Waals surface area (Å²) < 4.78 is 11.1. The van der Waals surface area contributed by atoms with Gasteiger partial charge in [-0.3, -0.25) is 14.4 Å². The molecule has 1 aromatic rings. The van der Waals surface area contributed by atoms with Gasteiger partial charge in [-0.2, -0.15) is 0 Å². The number of allylic oxidation sites excluding steroid dienone is 9. The number of hydrogen-bond acceptors (Lipinski definition) is 10. The number of nitrogens with two attached hydrogens (primary N) is 1. The molecule has 1 aliphatic rings. The molecule has 0 aromatic heterocycles. The molecule has 320 valence electrons. The standard InChI is InChI=1S/C44H65N5O9/c1-30(2)26-38(48-43(55)41(53)36(45)28-34-14-9-8-10-15-34)42(54)47-21-23-57-25-24-56-22-20-46-39(50)29-58-49-37-18-19-44(6,7)35(33(37)5)17-16-31(3)12-11-13-32(4)27-40(51)52/h8-17,27,30,36,38,41,53H,18-26,28-29,45H2,1-7H3,(H,46,50)(H,47,54)(H,48,55)(H,51,52). The second-order valence-corrected chi connectivity index (χ2v) is 15.4. The number of amides is 3. The fourth-order valence-electron chi connectivity index (χ4n) is 6.07. The minimum Gasteiger partial charge on any atom is -0.478 e. The van der Waals surface area contributed by atoms with Crippen molar-refractivity contribution in [1.29, 1.82) is 0 Å². The third-order valence-corrected chi connectivity index (χ3v) is 9.32. The van der Waals surface area contributed by atoms with Gasteiger partial charge in [0.15, 0.2) is 6.61 Å². The van der Waals surface area contributed by atoms with Gasteiger partial charge in [-0.1, -0.05) is 99.1 Å². The first-order valence-electron chi connectivity index (χ1n) is 19.8. The summed E-state index contributed by atoms with van der Waals surface area (Å²) in [5, 5.41) is 31.8. The molecule has 0 bridgehead atoms. The Morgan fingerprint density at radius 2 is 1.60 bits per heavy atom. The van der Waals surface area contributed by atoms with Crippen LogP contribution in [0.3, 0.4) is 0 Å². The maximum Gasteiger partial charge on any atom is 0.328 e. The molecule has 3 atom stereocenters. The zero-order valence-corrected chi connectivity index (χ0v) is 35.2. The Morgan fingerprint density at radius 1 is 0.948 bits per heavy atom. The van der Waals surface area contributed by atoms with Gasteiger partial charge in [0.1, 0.15) is 12.1 Å². The van der Waals surface area contributed by atoms with E-state index in [-0.39, 0.29) is 69.3 Å². The molecule has 0 heterocycles. The van der Waals surface area contributed by atoms with Gasteiger partial charge in [0.2, 0.25) is 5.91 Å². The lowest BCUT2D eigenvalue weighted by molar-refractivity contribution is -0.135. The summed E-state index contributed by atoms with van der Waals surface area (Å²) >= 11 is 0. The van der Waals surface area contributed by atoms with E-state index in [4.69, 9.17) is 25.2 Å². The number of carbonyl (C=O) groups is 4. The molecule has 1 aromatic carbocycles. The number of aliphatic carboxylic acids is 1. The van der Waals surface area contributed by atoms with Crippen LogP contribution in [0.4, 0.5) is 0 Å². The molecule has 3 unspecified atom stereocenters. The molecule has 14 nitrogen and oxygen atoms in total. The van der Waals surface area contributed by atoms with E-state index in [1.54, 1.807) is 13.0 Å². The van der Waals surface area contributed by atoms with Gasteiger partial charge in [0, 0.05) is 25.2 Å². The zero-order valence-electron chi connectivity index (χ0n) is 35.2. The predicted octanol–water partition coefficient (Wildman–Crippen LogP) is 4.31. The van der Waals surface area contributed by atoms with Crippen LogP contribution < -0.4 is 21.7 Å². The lowest BCUT2D eigenvalue weighted by atomic mass is 9.72. The molecular weight excluding hydrogens is 743 g/mol. The lowest BCUT2D eigenvalue weighted by Crippen LogP contribution is -2.54. The van der Waals surface area contributed by atoms with Crippen molar-refractivity contribution < 1.29 is 43.7 Å². The van der Waals surface area contributed by atoms with Crippen LogP contribution in [-0.2, 0) is 39.9 Å². The SMILES string of the molecule is CC(C=CC1=C(C)C(=NOCC(=O)NCCOCCOCCNC(=O)C(CC(C)C)NC(=O)C(O)C(N)Cc2ccccc2)CCC1(C)C)=CC=CC(C)=CC(=O)O. The number of aliphatic hydroxyl groups is 1. The fraction of sp³-hybridized carbons (Fsp3) is 0.523. The number of aliphatic hydroxyl groups excluding tert-OH is 1. The van der Waals surface area contributed by atoms with E-state index in [0.717, 1.165) is 46.9 Å². The molecule has 2 rings (SSSR count). The molecule has 14 heteroatoms. The molecule has 0 aliphatic heterocycles. The summed E-state index contributed by atoms with van der Waals surface area (Å²) in [6.45, 7) is 15.3. The largest absolute Gasteiger partial charge is 0.478 e. The minimum atomic E-state index is -1.47. The molecule has 0 fully saturated rings. The first kappa shape index (κ1) is 49.3. The van der Waals surface area contributed by atoms with Crippen LogP contribution in [0.1, 0.15) is 73.3 Å². The van der Waals surface area contributed by atoms with E-state index in [0.29, 0.717) is 18.4 Å². The van der Waals surface area contributed by atoms with Crippen LogP contribution >= 0.6 is 0 Å². The third kappa shape index (κ3) is 19.5. The number of carboxylic acid groups (broad SMARTS) is 1. The fourth-order valence-corrected chi connectivity index (χ4v) is 6.07. The summed E-state index contributed by atoms with van der Waals surface area (Å²) in [6, 6.07) is 7.67. The van der Waals surface area contributed by atoms with Gasteiger partial charge in [0.25, 0.3) is 11.8 Å². The van der Waals surface area contributed by atoms with Crippen molar-refractivity contribution in [2.75, 3.05) is 46.1 Å². The minimum absolute atomic E-state index is 0.0726. The van der Waals surface area contributed by atoms with Crippen molar-refractivity contribution in [3.05, 3.63) is 94.6 Å². The van der Waals surface area contributed by atoms with E-state index in [1.807, 2.05) is 76.3 Å². The quantitative estimate of drug-likeness (QED) is 0.0357. The van der Waals surface area contributed by atoms with Crippen molar-refractivity contribution in [3.63, 3.8) is 0 Å². The highest BCUT2D eigenvalue weighted by molar-refractivity contribution is 6.01. The predicted molar refractivity (Wildman–Crippen MR) is 226 cm³/mol. The van der Waals surface area contributed by atoms with Crippen LogP contribution in [0.15, 0.2) is 94.2 Å². The Bertz CT molecular complexity index is 1680. The molecule has 58 heavy (non-hydrogen) atoms. The number of nitrogens with zero attached hydrogens (tertiary/aromatic N) is 1. The first-order chi connectivity index (χ1) is 27.5. The van der Waals surface area contributed by atoms with Gasteiger partial charge < -0.3 is 46.2 Å². The summed E-state index contributed by atoms with van der Waals surface area (Å²) in [4.78, 5) is 54.2. The van der Waals surface area contributed by atoms with Crippen molar-refractivity contribution in [2.24, 2.45) is 22.2 Å². The van der Waals surface area contributed by atoms with Crippen LogP contribution in [0.5, 0.6) is 0 Å². The van der Waals surface area contributed by atoms with Crippen LogP contribution in [-0.4, -0.2) is 104 Å². The number of rotatable bonds is 25. The number of hydrogen-bond donors (Lipinski definition) is 6. The molecular formula is C44H65N5O9. The Hall–Kier alpha value is -4.89. The highest BCUT2D eigenvalue weighted by atomic mass is 16.6. The van der Waals surface area contributed by atoms with E-state index >= 15 is 0 Å². The van der Waals surface area contributed by atoms with Crippen LogP contribution in [0, 0.1) is 11.3 Å². The third-order valence-electron chi connectivity index (χ3n) is 9.32. The van der Waals surface area contributed by atoms with Crippen molar-refractivity contribution in [2.45, 2.75) is 92.3 Å². The highest BCUT2D eigenvalue weighted by Gasteiger charge is 2.31. The smallest absolute Gasteiger partial charge is 0.328 e. The van der Waals surface area contributed by atoms with E-state index in [1.165, 1.54) is 0 Å². The number of ether oxygens (including phenoxy) is 2. The second kappa shape index (κ2) is 26.2. The maximum absolute atomic E-state index is 12.9. The Balaban J connectivity index is 1.67. The van der Waals surface area contributed by atoms with E-state index in [9.17, 15) is 24.3 Å². The lowest BCUT2D eigenvalue weighted by Gasteiger charge is -2.33. The Kier molecular flexibility index (Phi) is 22.2. The van der Waals surface area contributed by atoms with Crippen molar-refractivity contribution >= 4 is 29.4 Å². The summed E-state index contributed by atoms with van der Waals surface area (Å²) in [5.74, 6) is -2.26. The van der Waals surface area contributed by atoms with Gasteiger partial charge in [-0.15, -0.1) is 0 Å². The van der Waals surface area contributed by atoms with E-state index < -0.39 is 30.1 Å². The number of benzene rings is 1. The first-order valence-corrected chi connectivity index (χ1v) is 19.8. The number of oxime groups is 1. The Morgan fingerprint density at radius 3 is 2.24 bits per heavy atom. The molecule has 0 radical (unpaired) electrons. The molecule has 7 N–H and O–H groups in total. The highest BCUT2D eigenvalue weighted by Crippen LogP contribution is 2.40. The van der Waals surface area contributed by atoms with Gasteiger partial charge in [-0.05, 0) is 80.1 Å². The molecule has 1 aliphatic carbocycles. The van der Waals surface area contributed by atoms with Crippen molar-refractivity contribution in [3.8, 4) is 0 Å². The zero-order chi connectivity index (χ0) is 43.1. The Labute approximate surface area is 343 Å². The normalized spacial score (nSPS) is 17.1. The topological polar surface area (TPSA) is 211 Å². The number of nitrogens with one attached hydrogen (secondary N) is 3. The summed E-state index contributed by atoms with van der Waals surface area (Å²) in [7, 11) is 0. The average molecular weight is 808 g/mol. The summed E-state index contributed by atoms with van der Waals surface area (Å²) in [5.41, 5.74) is 11.5. The molecule has 0 spiro atoms.